The van der Waals surface area contributed by atoms with Crippen molar-refractivity contribution in [3.63, 3.8) is 0 Å². The Balaban J connectivity index is 1.68. The Morgan fingerprint density at radius 2 is 1.75 bits per heavy atom. The van der Waals surface area contributed by atoms with Gasteiger partial charge < -0.3 is 5.32 Å². The van der Waals surface area contributed by atoms with E-state index < -0.39 is 17.5 Å². The maximum Gasteiger partial charge on any atom is 0.265 e. The first kappa shape index (κ1) is 17.5. The molecule has 1 heterocycles. The Morgan fingerprint density at radius 1 is 0.964 bits per heavy atom. The molecule has 1 aromatic heterocycles. The molecule has 0 aliphatic heterocycles. The van der Waals surface area contributed by atoms with Gasteiger partial charge in [-0.3, -0.25) is 14.2 Å². The minimum Gasteiger partial charge on any atom is -0.319 e. The molecule has 0 bridgehead atoms. The zero-order valence-electron chi connectivity index (χ0n) is 14.4. The first-order chi connectivity index (χ1) is 13.5. The second-order valence-electron chi connectivity index (χ2n) is 6.07. The molecule has 5 nitrogen and oxygen atoms in total. The van der Waals surface area contributed by atoms with E-state index in [-0.39, 0.29) is 16.8 Å². The Morgan fingerprint density at radius 3 is 2.50 bits per heavy atom. The van der Waals surface area contributed by atoms with Crippen LogP contribution in [0.4, 0.5) is 14.5 Å². The van der Waals surface area contributed by atoms with Gasteiger partial charge in [0.1, 0.15) is 18.0 Å². The van der Waals surface area contributed by atoms with Gasteiger partial charge in [-0.15, -0.1) is 0 Å². The summed E-state index contributed by atoms with van der Waals surface area (Å²) in [7, 11) is 0. The second kappa shape index (κ2) is 7.03. The molecular formula is C21H13F2N3O2. The number of carbonyl (C=O) groups excluding carboxylic acids is 1. The summed E-state index contributed by atoms with van der Waals surface area (Å²) in [4.78, 5) is 29.4. The van der Waals surface area contributed by atoms with E-state index in [1.54, 1.807) is 12.1 Å². The number of hydrogen-bond donors (Lipinski definition) is 1. The van der Waals surface area contributed by atoms with E-state index in [1.807, 2.05) is 18.2 Å². The van der Waals surface area contributed by atoms with Gasteiger partial charge in [0.15, 0.2) is 0 Å². The molecule has 4 rings (SSSR count). The molecule has 0 aliphatic rings. The van der Waals surface area contributed by atoms with E-state index in [4.69, 9.17) is 0 Å². The third-order valence-corrected chi connectivity index (χ3v) is 4.24. The summed E-state index contributed by atoms with van der Waals surface area (Å²) in [5.74, 6) is -2.21. The molecule has 28 heavy (non-hydrogen) atoms. The molecule has 0 atom stereocenters. The van der Waals surface area contributed by atoms with Crippen LogP contribution >= 0.6 is 0 Å². The van der Waals surface area contributed by atoms with Gasteiger partial charge >= 0.3 is 0 Å². The smallest absolute Gasteiger partial charge is 0.265 e. The van der Waals surface area contributed by atoms with E-state index in [2.05, 4.69) is 10.3 Å². The molecule has 0 aliphatic carbocycles. The lowest BCUT2D eigenvalue weighted by Crippen LogP contribution is -2.19. The molecule has 0 spiro atoms. The number of nitrogens with one attached hydrogen (secondary N) is 1. The molecule has 3 aromatic carbocycles. The van der Waals surface area contributed by atoms with Crippen LogP contribution in [0.3, 0.4) is 0 Å². The van der Waals surface area contributed by atoms with Gasteiger partial charge in [-0.25, -0.2) is 13.8 Å². The van der Waals surface area contributed by atoms with Crippen LogP contribution in [0.1, 0.15) is 10.4 Å². The fourth-order valence-corrected chi connectivity index (χ4v) is 2.82. The van der Waals surface area contributed by atoms with Crippen molar-refractivity contribution in [3.8, 4) is 5.69 Å². The van der Waals surface area contributed by atoms with Crippen LogP contribution in [0, 0.1) is 11.6 Å². The standard InChI is InChI=1S/C21H13F2N3O2/c22-14-7-9-18(17(23)11-14)25-20(27)13-6-8-16-19(10-13)24-12-26(21(16)28)15-4-2-1-3-5-15/h1-12H,(H,25,27). The zero-order chi connectivity index (χ0) is 19.7. The van der Waals surface area contributed by atoms with Crippen LogP contribution in [0.15, 0.2) is 77.9 Å². The van der Waals surface area contributed by atoms with E-state index >= 15 is 0 Å². The van der Waals surface area contributed by atoms with Crippen LogP contribution < -0.4 is 10.9 Å². The second-order valence-corrected chi connectivity index (χ2v) is 6.07. The summed E-state index contributed by atoms with van der Waals surface area (Å²) < 4.78 is 28.1. The molecule has 1 N–H and O–H groups in total. The fourth-order valence-electron chi connectivity index (χ4n) is 2.82. The van der Waals surface area contributed by atoms with E-state index in [0.29, 0.717) is 22.7 Å². The lowest BCUT2D eigenvalue weighted by atomic mass is 10.1. The highest BCUT2D eigenvalue weighted by Gasteiger charge is 2.13. The minimum absolute atomic E-state index is 0.140. The SMILES string of the molecule is O=C(Nc1ccc(F)cc1F)c1ccc2c(=O)n(-c3ccccc3)cnc2c1. The first-order valence-electron chi connectivity index (χ1n) is 8.36. The number of aromatic nitrogens is 2. The number of fused-ring (bicyclic) bond motifs is 1. The van der Waals surface area contributed by atoms with Crippen molar-refractivity contribution in [2.75, 3.05) is 5.32 Å². The Labute approximate surface area is 157 Å². The van der Waals surface area contributed by atoms with Crippen LogP contribution in [0.5, 0.6) is 0 Å². The Kier molecular flexibility index (Phi) is 4.41. The predicted molar refractivity (Wildman–Crippen MR) is 102 cm³/mol. The zero-order valence-corrected chi connectivity index (χ0v) is 14.4. The van der Waals surface area contributed by atoms with E-state index in [9.17, 15) is 18.4 Å². The lowest BCUT2D eigenvalue weighted by molar-refractivity contribution is 0.102. The summed E-state index contributed by atoms with van der Waals surface area (Å²) in [6.07, 6.45) is 1.39. The van der Waals surface area contributed by atoms with Gasteiger partial charge in [0, 0.05) is 11.6 Å². The number of amides is 1. The molecule has 138 valence electrons. The summed E-state index contributed by atoms with van der Waals surface area (Å²) in [5.41, 5.74) is 0.798. The maximum absolute atomic E-state index is 13.7. The monoisotopic (exact) mass is 377 g/mol. The number of benzene rings is 3. The van der Waals surface area contributed by atoms with Crippen LogP contribution in [0.25, 0.3) is 16.6 Å². The number of para-hydroxylation sites is 1. The first-order valence-corrected chi connectivity index (χ1v) is 8.36. The largest absolute Gasteiger partial charge is 0.319 e. The van der Waals surface area contributed by atoms with Gasteiger partial charge in [0.2, 0.25) is 0 Å². The van der Waals surface area contributed by atoms with Crippen LogP contribution in [-0.2, 0) is 0 Å². The van der Waals surface area contributed by atoms with Crippen molar-refractivity contribution in [1.82, 2.24) is 9.55 Å². The van der Waals surface area contributed by atoms with Crippen molar-refractivity contribution < 1.29 is 13.6 Å². The highest BCUT2D eigenvalue weighted by atomic mass is 19.1. The number of anilines is 1. The van der Waals surface area contributed by atoms with Gasteiger partial charge in [0.25, 0.3) is 11.5 Å². The topological polar surface area (TPSA) is 64.0 Å². The van der Waals surface area contributed by atoms with Gasteiger partial charge in [-0.05, 0) is 42.5 Å². The molecule has 0 radical (unpaired) electrons. The number of rotatable bonds is 3. The third kappa shape index (κ3) is 3.25. The van der Waals surface area contributed by atoms with Crippen molar-refractivity contribution in [2.45, 2.75) is 0 Å². The summed E-state index contributed by atoms with van der Waals surface area (Å²) in [5, 5.41) is 2.72. The summed E-state index contributed by atoms with van der Waals surface area (Å²) in [6.45, 7) is 0. The Bertz CT molecular complexity index is 1250. The Hall–Kier alpha value is -3.87. The molecular weight excluding hydrogens is 364 g/mol. The van der Waals surface area contributed by atoms with Crippen molar-refractivity contribution in [3.05, 3.63) is 101 Å². The molecule has 1 amide bonds. The molecule has 0 unspecified atom stereocenters. The summed E-state index contributed by atoms with van der Waals surface area (Å²) >= 11 is 0. The number of halogens is 2. The predicted octanol–water partition coefficient (Wildman–Crippen LogP) is 3.92. The molecule has 0 saturated heterocycles. The fraction of sp³-hybridized carbons (Fsp3) is 0. The van der Waals surface area contributed by atoms with Gasteiger partial charge in [0.05, 0.1) is 22.3 Å². The molecule has 0 fully saturated rings. The quantitative estimate of drug-likeness (QED) is 0.589. The molecule has 0 saturated carbocycles. The molecule has 4 aromatic rings. The van der Waals surface area contributed by atoms with Crippen molar-refractivity contribution in [2.24, 2.45) is 0 Å². The van der Waals surface area contributed by atoms with E-state index in [0.717, 1.165) is 12.1 Å². The summed E-state index contributed by atoms with van der Waals surface area (Å²) in [6, 6.07) is 16.3. The number of carbonyl (C=O) groups is 1. The van der Waals surface area contributed by atoms with E-state index in [1.165, 1.54) is 29.1 Å². The maximum atomic E-state index is 13.7. The van der Waals surface area contributed by atoms with Crippen molar-refractivity contribution in [1.29, 1.82) is 0 Å². The molecule has 7 heteroatoms. The van der Waals surface area contributed by atoms with Crippen LogP contribution in [0.2, 0.25) is 0 Å². The van der Waals surface area contributed by atoms with Gasteiger partial charge in [-0.1, -0.05) is 18.2 Å². The highest BCUT2D eigenvalue weighted by molar-refractivity contribution is 6.06. The minimum atomic E-state index is -0.877. The van der Waals surface area contributed by atoms with Crippen LogP contribution in [-0.4, -0.2) is 15.5 Å². The van der Waals surface area contributed by atoms with Gasteiger partial charge in [-0.2, -0.15) is 0 Å². The average molecular weight is 377 g/mol. The normalized spacial score (nSPS) is 10.8. The average Bonchev–Trinajstić information content (AvgIpc) is 2.70. The van der Waals surface area contributed by atoms with Crippen molar-refractivity contribution >= 4 is 22.5 Å². The highest BCUT2D eigenvalue weighted by Crippen LogP contribution is 2.18. The lowest BCUT2D eigenvalue weighted by Gasteiger charge is -2.09. The number of nitrogens with zero attached hydrogens (tertiary/aromatic N) is 2. The number of hydrogen-bond acceptors (Lipinski definition) is 3. The third-order valence-electron chi connectivity index (χ3n) is 4.24.